The Kier molecular flexibility index (Phi) is 6.47. The Labute approximate surface area is 119 Å². The molecular weight excluding hydrogens is 280 g/mol. The number of nitrogens with one attached hydrogen (secondary N) is 2. The zero-order valence-corrected chi connectivity index (χ0v) is 12.5. The zero-order valence-electron chi connectivity index (χ0n) is 11.7. The number of carbonyl (C=O) groups excluding carboxylic acids is 1. The summed E-state index contributed by atoms with van der Waals surface area (Å²) in [5.41, 5.74) is 0.666. The number of sulfone groups is 1. The fourth-order valence-electron chi connectivity index (χ4n) is 1.45. The van der Waals surface area contributed by atoms with Crippen molar-refractivity contribution in [3.8, 4) is 5.75 Å². The van der Waals surface area contributed by atoms with Crippen LogP contribution in [-0.2, 0) is 14.6 Å². The van der Waals surface area contributed by atoms with Crippen molar-refractivity contribution in [1.82, 2.24) is 5.32 Å². The van der Waals surface area contributed by atoms with E-state index in [4.69, 9.17) is 4.74 Å². The number of hydrogen-bond acceptors (Lipinski definition) is 5. The standard InChI is InChI=1S/C13H20N2O4S/c1-3-20(17,18)9-8-14-10-13(16)15-11-4-6-12(19-2)7-5-11/h4-7,14H,3,8-10H2,1-2H3,(H,15,16). The Hall–Kier alpha value is -1.60. The van der Waals surface area contributed by atoms with Gasteiger partial charge in [0, 0.05) is 18.0 Å². The van der Waals surface area contributed by atoms with Crippen LogP contribution in [0.1, 0.15) is 6.92 Å². The highest BCUT2D eigenvalue weighted by molar-refractivity contribution is 7.91. The minimum Gasteiger partial charge on any atom is -0.497 e. The van der Waals surface area contributed by atoms with E-state index in [1.807, 2.05) is 0 Å². The number of benzene rings is 1. The third kappa shape index (κ3) is 6.03. The van der Waals surface area contributed by atoms with Gasteiger partial charge < -0.3 is 15.4 Å². The second kappa shape index (κ2) is 7.86. The maximum absolute atomic E-state index is 11.6. The summed E-state index contributed by atoms with van der Waals surface area (Å²) in [6.45, 7) is 1.95. The highest BCUT2D eigenvalue weighted by Gasteiger charge is 2.07. The van der Waals surface area contributed by atoms with Crippen molar-refractivity contribution < 1.29 is 17.9 Å². The third-order valence-electron chi connectivity index (χ3n) is 2.69. The van der Waals surface area contributed by atoms with Crippen LogP contribution in [0, 0.1) is 0 Å². The molecule has 0 heterocycles. The van der Waals surface area contributed by atoms with Crippen molar-refractivity contribution in [2.45, 2.75) is 6.92 Å². The van der Waals surface area contributed by atoms with Crippen molar-refractivity contribution in [1.29, 1.82) is 0 Å². The molecule has 0 saturated heterocycles. The maximum atomic E-state index is 11.6. The molecule has 6 nitrogen and oxygen atoms in total. The monoisotopic (exact) mass is 300 g/mol. The molecule has 0 atom stereocenters. The Morgan fingerprint density at radius 2 is 1.90 bits per heavy atom. The van der Waals surface area contributed by atoms with E-state index in [-0.39, 0.29) is 30.5 Å². The predicted molar refractivity (Wildman–Crippen MR) is 78.8 cm³/mol. The maximum Gasteiger partial charge on any atom is 0.238 e. The molecule has 0 aliphatic rings. The fraction of sp³-hybridized carbons (Fsp3) is 0.462. The molecule has 2 N–H and O–H groups in total. The van der Waals surface area contributed by atoms with Crippen molar-refractivity contribution >= 4 is 21.4 Å². The van der Waals surface area contributed by atoms with E-state index >= 15 is 0 Å². The van der Waals surface area contributed by atoms with Crippen LogP contribution in [0.25, 0.3) is 0 Å². The lowest BCUT2D eigenvalue weighted by Gasteiger charge is -2.07. The fourth-order valence-corrected chi connectivity index (χ4v) is 2.20. The molecule has 0 aliphatic carbocycles. The number of amides is 1. The summed E-state index contributed by atoms with van der Waals surface area (Å²) in [5, 5.41) is 5.50. The minimum absolute atomic E-state index is 0.0410. The average Bonchev–Trinajstić information content (AvgIpc) is 2.44. The molecule has 112 valence electrons. The van der Waals surface area contributed by atoms with Gasteiger partial charge in [0.2, 0.25) is 5.91 Å². The molecule has 1 aromatic rings. The summed E-state index contributed by atoms with van der Waals surface area (Å²) in [6.07, 6.45) is 0. The highest BCUT2D eigenvalue weighted by atomic mass is 32.2. The van der Waals surface area contributed by atoms with Crippen molar-refractivity contribution in [2.75, 3.05) is 37.0 Å². The van der Waals surface area contributed by atoms with Gasteiger partial charge in [0.05, 0.1) is 19.4 Å². The van der Waals surface area contributed by atoms with Gasteiger partial charge in [0.25, 0.3) is 0 Å². The minimum atomic E-state index is -2.99. The first-order chi connectivity index (χ1) is 9.46. The number of ether oxygens (including phenoxy) is 1. The summed E-state index contributed by atoms with van der Waals surface area (Å²) in [7, 11) is -1.42. The summed E-state index contributed by atoms with van der Waals surface area (Å²) < 4.78 is 27.5. The van der Waals surface area contributed by atoms with E-state index in [1.54, 1.807) is 38.3 Å². The molecule has 0 aromatic heterocycles. The van der Waals surface area contributed by atoms with E-state index in [1.165, 1.54) is 0 Å². The topological polar surface area (TPSA) is 84.5 Å². The summed E-state index contributed by atoms with van der Waals surface area (Å²) in [4.78, 5) is 11.6. The second-order valence-electron chi connectivity index (χ2n) is 4.19. The lowest BCUT2D eigenvalue weighted by molar-refractivity contribution is -0.115. The van der Waals surface area contributed by atoms with Crippen LogP contribution in [0.3, 0.4) is 0 Å². The summed E-state index contributed by atoms with van der Waals surface area (Å²) in [6, 6.07) is 6.96. The van der Waals surface area contributed by atoms with E-state index in [2.05, 4.69) is 10.6 Å². The molecule has 7 heteroatoms. The SMILES string of the molecule is CCS(=O)(=O)CCNCC(=O)Nc1ccc(OC)cc1. The van der Waals surface area contributed by atoms with Crippen molar-refractivity contribution in [3.63, 3.8) is 0 Å². The molecule has 0 fully saturated rings. The van der Waals surface area contributed by atoms with E-state index < -0.39 is 9.84 Å². The number of rotatable bonds is 8. The van der Waals surface area contributed by atoms with Crippen molar-refractivity contribution in [2.24, 2.45) is 0 Å². The Morgan fingerprint density at radius 1 is 1.25 bits per heavy atom. The van der Waals surface area contributed by atoms with Crippen LogP contribution >= 0.6 is 0 Å². The Morgan fingerprint density at radius 3 is 2.45 bits per heavy atom. The van der Waals surface area contributed by atoms with Crippen LogP contribution in [-0.4, -0.2) is 46.0 Å². The van der Waals surface area contributed by atoms with Crippen molar-refractivity contribution in [3.05, 3.63) is 24.3 Å². The molecule has 0 aliphatic heterocycles. The highest BCUT2D eigenvalue weighted by Crippen LogP contribution is 2.14. The van der Waals surface area contributed by atoms with E-state index in [9.17, 15) is 13.2 Å². The number of anilines is 1. The molecule has 20 heavy (non-hydrogen) atoms. The Balaban J connectivity index is 2.29. The van der Waals surface area contributed by atoms with Crippen LogP contribution in [0.4, 0.5) is 5.69 Å². The average molecular weight is 300 g/mol. The molecule has 0 spiro atoms. The molecular formula is C13H20N2O4S. The molecule has 1 aromatic carbocycles. The number of hydrogen-bond donors (Lipinski definition) is 2. The first-order valence-corrected chi connectivity index (χ1v) is 8.14. The van der Waals surface area contributed by atoms with Gasteiger partial charge in [-0.15, -0.1) is 0 Å². The number of carbonyl (C=O) groups is 1. The third-order valence-corrected chi connectivity index (χ3v) is 4.39. The predicted octanol–water partition coefficient (Wildman–Crippen LogP) is 0.658. The lowest BCUT2D eigenvalue weighted by Crippen LogP contribution is -2.31. The van der Waals surface area contributed by atoms with Gasteiger partial charge in [-0.1, -0.05) is 6.92 Å². The summed E-state index contributed by atoms with van der Waals surface area (Å²) >= 11 is 0. The van der Waals surface area contributed by atoms with Gasteiger partial charge in [-0.25, -0.2) is 8.42 Å². The Bertz CT molecular complexity index is 526. The second-order valence-corrected chi connectivity index (χ2v) is 6.66. The first-order valence-electron chi connectivity index (χ1n) is 6.32. The van der Waals surface area contributed by atoms with Crippen LogP contribution in [0.15, 0.2) is 24.3 Å². The van der Waals surface area contributed by atoms with Crippen LogP contribution in [0.5, 0.6) is 5.75 Å². The normalized spacial score (nSPS) is 11.1. The van der Waals surface area contributed by atoms with Gasteiger partial charge in [-0.2, -0.15) is 0 Å². The van der Waals surface area contributed by atoms with E-state index in [0.717, 1.165) is 0 Å². The zero-order chi connectivity index (χ0) is 15.0. The first kappa shape index (κ1) is 16.5. The van der Waals surface area contributed by atoms with Crippen LogP contribution in [0.2, 0.25) is 0 Å². The van der Waals surface area contributed by atoms with E-state index in [0.29, 0.717) is 11.4 Å². The van der Waals surface area contributed by atoms with Crippen LogP contribution < -0.4 is 15.4 Å². The molecule has 1 rings (SSSR count). The smallest absolute Gasteiger partial charge is 0.238 e. The number of methoxy groups -OCH3 is 1. The molecule has 0 bridgehead atoms. The molecule has 0 saturated carbocycles. The molecule has 0 radical (unpaired) electrons. The largest absolute Gasteiger partial charge is 0.497 e. The summed E-state index contributed by atoms with van der Waals surface area (Å²) in [5.74, 6) is 0.654. The quantitative estimate of drug-likeness (QED) is 0.689. The van der Waals surface area contributed by atoms with Gasteiger partial charge in [-0.3, -0.25) is 4.79 Å². The molecule has 0 unspecified atom stereocenters. The van der Waals surface area contributed by atoms with Gasteiger partial charge in [0.1, 0.15) is 5.75 Å². The lowest BCUT2D eigenvalue weighted by atomic mass is 10.3. The van der Waals surface area contributed by atoms with Gasteiger partial charge in [0.15, 0.2) is 9.84 Å². The van der Waals surface area contributed by atoms with Gasteiger partial charge in [-0.05, 0) is 24.3 Å². The molecule has 1 amide bonds. The van der Waals surface area contributed by atoms with Gasteiger partial charge >= 0.3 is 0 Å².